The van der Waals surface area contributed by atoms with Gasteiger partial charge in [-0.2, -0.15) is 5.10 Å². The molecule has 1 aromatic rings. The van der Waals surface area contributed by atoms with Gasteiger partial charge in [-0.05, 0) is 31.7 Å². The first-order chi connectivity index (χ1) is 9.96. The molecule has 1 aromatic heterocycles. The summed E-state index contributed by atoms with van der Waals surface area (Å²) in [5.41, 5.74) is 2.54. The van der Waals surface area contributed by atoms with Crippen LogP contribution in [0.25, 0.3) is 0 Å². The van der Waals surface area contributed by atoms with Crippen molar-refractivity contribution in [1.82, 2.24) is 15.1 Å². The number of hydrogen-bond acceptors (Lipinski definition) is 4. The smallest absolute Gasteiger partial charge is 0.152 e. The zero-order valence-corrected chi connectivity index (χ0v) is 13.7. The van der Waals surface area contributed by atoms with Crippen molar-refractivity contribution in [2.45, 2.75) is 51.6 Å². The molecule has 0 spiro atoms. The number of aromatic nitrogens is 2. The van der Waals surface area contributed by atoms with Crippen LogP contribution >= 0.6 is 0 Å². The maximum absolute atomic E-state index is 11.7. The maximum Gasteiger partial charge on any atom is 0.152 e. The molecule has 1 unspecified atom stereocenters. The van der Waals surface area contributed by atoms with E-state index in [0.29, 0.717) is 24.0 Å². The van der Waals surface area contributed by atoms with Crippen molar-refractivity contribution >= 4 is 9.84 Å². The van der Waals surface area contributed by atoms with Gasteiger partial charge in [0.05, 0.1) is 23.7 Å². The third-order valence-corrected chi connectivity index (χ3v) is 6.05. The van der Waals surface area contributed by atoms with Crippen LogP contribution in [0.15, 0.2) is 6.20 Å². The Morgan fingerprint density at radius 1 is 1.38 bits per heavy atom. The average Bonchev–Trinajstić information content (AvgIpc) is 3.05. The third kappa shape index (κ3) is 3.48. The van der Waals surface area contributed by atoms with Crippen molar-refractivity contribution in [2.75, 3.05) is 18.1 Å². The lowest BCUT2D eigenvalue weighted by molar-refractivity contribution is 0.478. The molecule has 1 atom stereocenters. The standard InChI is InChI=1S/C15H25N3O2S/c1-11(2)7-16-8-13-9-17-18(15(13)12-3-4-12)14-5-6-21(19,20)10-14/h9,11-12,14,16H,3-8,10H2,1-2H3. The van der Waals surface area contributed by atoms with Gasteiger partial charge in [0.2, 0.25) is 0 Å². The molecule has 1 N–H and O–H groups in total. The number of nitrogens with zero attached hydrogens (tertiary/aromatic N) is 2. The Morgan fingerprint density at radius 2 is 2.14 bits per heavy atom. The highest BCUT2D eigenvalue weighted by atomic mass is 32.2. The fraction of sp³-hybridized carbons (Fsp3) is 0.800. The molecule has 21 heavy (non-hydrogen) atoms. The second-order valence-electron chi connectivity index (χ2n) is 6.86. The highest BCUT2D eigenvalue weighted by molar-refractivity contribution is 7.91. The summed E-state index contributed by atoms with van der Waals surface area (Å²) in [5.74, 6) is 1.78. The summed E-state index contributed by atoms with van der Waals surface area (Å²) < 4.78 is 25.4. The second-order valence-corrected chi connectivity index (χ2v) is 9.08. The van der Waals surface area contributed by atoms with E-state index in [9.17, 15) is 8.42 Å². The van der Waals surface area contributed by atoms with Gasteiger partial charge in [-0.25, -0.2) is 8.42 Å². The van der Waals surface area contributed by atoms with Gasteiger partial charge in [0, 0.05) is 23.7 Å². The minimum atomic E-state index is -2.86. The van der Waals surface area contributed by atoms with Crippen LogP contribution in [0.1, 0.15) is 56.3 Å². The molecule has 0 radical (unpaired) electrons. The van der Waals surface area contributed by atoms with Crippen LogP contribution in [0.3, 0.4) is 0 Å². The van der Waals surface area contributed by atoms with Crippen LogP contribution in [-0.2, 0) is 16.4 Å². The average molecular weight is 311 g/mol. The molecule has 3 rings (SSSR count). The van der Waals surface area contributed by atoms with Crippen LogP contribution < -0.4 is 5.32 Å². The Hall–Kier alpha value is -0.880. The predicted octanol–water partition coefficient (Wildman–Crippen LogP) is 1.87. The summed E-state index contributed by atoms with van der Waals surface area (Å²) in [4.78, 5) is 0. The second kappa shape index (κ2) is 5.72. The molecule has 2 aliphatic rings. The van der Waals surface area contributed by atoms with E-state index < -0.39 is 9.84 Å². The minimum Gasteiger partial charge on any atom is -0.312 e. The monoisotopic (exact) mass is 311 g/mol. The van der Waals surface area contributed by atoms with Gasteiger partial charge in [0.1, 0.15) is 0 Å². The van der Waals surface area contributed by atoms with Crippen LogP contribution in [0.2, 0.25) is 0 Å². The molecule has 2 fully saturated rings. The normalized spacial score (nSPS) is 24.8. The van der Waals surface area contributed by atoms with E-state index in [1.807, 2.05) is 10.9 Å². The third-order valence-electron chi connectivity index (χ3n) is 4.30. The fourth-order valence-corrected chi connectivity index (χ4v) is 4.80. The van der Waals surface area contributed by atoms with Crippen molar-refractivity contribution in [1.29, 1.82) is 0 Å². The summed E-state index contributed by atoms with van der Waals surface area (Å²) in [6.45, 7) is 6.22. The molecule has 118 valence electrons. The molecule has 0 aromatic carbocycles. The molecule has 0 amide bonds. The lowest BCUT2D eigenvalue weighted by atomic mass is 10.1. The van der Waals surface area contributed by atoms with Crippen LogP contribution in [-0.4, -0.2) is 36.2 Å². The topological polar surface area (TPSA) is 64.0 Å². The van der Waals surface area contributed by atoms with Gasteiger partial charge < -0.3 is 5.32 Å². The molecular weight excluding hydrogens is 286 g/mol. The predicted molar refractivity (Wildman–Crippen MR) is 83.1 cm³/mol. The largest absolute Gasteiger partial charge is 0.312 e. The number of rotatable bonds is 6. The van der Waals surface area contributed by atoms with E-state index in [2.05, 4.69) is 24.3 Å². The molecule has 5 nitrogen and oxygen atoms in total. The van der Waals surface area contributed by atoms with Gasteiger partial charge in [-0.1, -0.05) is 13.8 Å². The lowest BCUT2D eigenvalue weighted by Gasteiger charge is -2.15. The van der Waals surface area contributed by atoms with Gasteiger partial charge in [0.25, 0.3) is 0 Å². The first-order valence-corrected chi connectivity index (χ1v) is 9.76. The van der Waals surface area contributed by atoms with E-state index >= 15 is 0 Å². The summed E-state index contributed by atoms with van der Waals surface area (Å²) in [7, 11) is -2.86. The molecule has 1 saturated heterocycles. The zero-order valence-electron chi connectivity index (χ0n) is 12.9. The molecule has 1 aliphatic heterocycles. The highest BCUT2D eigenvalue weighted by Crippen LogP contribution is 2.43. The number of hydrogen-bond donors (Lipinski definition) is 1. The maximum atomic E-state index is 11.7. The van der Waals surface area contributed by atoms with Crippen LogP contribution in [0.4, 0.5) is 0 Å². The van der Waals surface area contributed by atoms with Crippen molar-refractivity contribution in [3.05, 3.63) is 17.5 Å². The molecule has 1 aliphatic carbocycles. The van der Waals surface area contributed by atoms with Gasteiger partial charge in [0.15, 0.2) is 9.84 Å². The lowest BCUT2D eigenvalue weighted by Crippen LogP contribution is -2.20. The summed E-state index contributed by atoms with van der Waals surface area (Å²) in [6.07, 6.45) is 5.07. The van der Waals surface area contributed by atoms with Crippen molar-refractivity contribution in [3.8, 4) is 0 Å². The summed E-state index contributed by atoms with van der Waals surface area (Å²) in [5, 5.41) is 8.01. The van der Waals surface area contributed by atoms with E-state index in [0.717, 1.165) is 13.1 Å². The molecule has 6 heteroatoms. The summed E-state index contributed by atoms with van der Waals surface area (Å²) >= 11 is 0. The Kier molecular flexibility index (Phi) is 4.10. The van der Waals surface area contributed by atoms with Crippen molar-refractivity contribution in [2.24, 2.45) is 5.92 Å². The molecule has 0 bridgehead atoms. The van der Waals surface area contributed by atoms with Crippen molar-refractivity contribution < 1.29 is 8.42 Å². The van der Waals surface area contributed by atoms with Crippen LogP contribution in [0.5, 0.6) is 0 Å². The Labute approximate surface area is 127 Å². The molecule has 1 saturated carbocycles. The van der Waals surface area contributed by atoms with E-state index in [-0.39, 0.29) is 11.8 Å². The van der Waals surface area contributed by atoms with Gasteiger partial charge >= 0.3 is 0 Å². The minimum absolute atomic E-state index is 0.0458. The SMILES string of the molecule is CC(C)CNCc1cnn(C2CCS(=O)(=O)C2)c1C1CC1. The van der Waals surface area contributed by atoms with E-state index in [1.54, 1.807) is 0 Å². The van der Waals surface area contributed by atoms with Crippen molar-refractivity contribution in [3.63, 3.8) is 0 Å². The van der Waals surface area contributed by atoms with Gasteiger partial charge in [-0.3, -0.25) is 4.68 Å². The fourth-order valence-electron chi connectivity index (χ4n) is 3.10. The molecule has 2 heterocycles. The Balaban J connectivity index is 1.77. The quantitative estimate of drug-likeness (QED) is 0.871. The van der Waals surface area contributed by atoms with E-state index in [1.165, 1.54) is 24.1 Å². The van der Waals surface area contributed by atoms with Gasteiger partial charge in [-0.15, -0.1) is 0 Å². The van der Waals surface area contributed by atoms with Crippen LogP contribution in [0, 0.1) is 5.92 Å². The summed E-state index contributed by atoms with van der Waals surface area (Å²) in [6, 6.07) is 0.0458. The first kappa shape index (κ1) is 15.0. The van der Waals surface area contributed by atoms with E-state index in [4.69, 9.17) is 0 Å². The molecular formula is C15H25N3O2S. The Morgan fingerprint density at radius 3 is 2.71 bits per heavy atom. The Bertz CT molecular complexity index is 602. The number of sulfone groups is 1. The zero-order chi connectivity index (χ0) is 15.0. The highest BCUT2D eigenvalue weighted by Gasteiger charge is 2.36. The first-order valence-electron chi connectivity index (χ1n) is 7.93. The number of nitrogens with one attached hydrogen (secondary N) is 1.